The van der Waals surface area contributed by atoms with Gasteiger partial charge in [-0.2, -0.15) is 10.2 Å². The lowest BCUT2D eigenvalue weighted by molar-refractivity contribution is 0.755. The van der Waals surface area contributed by atoms with E-state index in [1.807, 2.05) is 0 Å². The average molecular weight is 232 g/mol. The molecule has 17 heavy (non-hydrogen) atoms. The van der Waals surface area contributed by atoms with E-state index in [1.54, 1.807) is 11.0 Å². The fourth-order valence-electron chi connectivity index (χ4n) is 1.96. The van der Waals surface area contributed by atoms with Crippen LogP contribution in [0, 0.1) is 0 Å². The topological polar surface area (TPSA) is 82.5 Å². The molecule has 2 rings (SSSR count). The molecular formula is C11H16N6. The van der Waals surface area contributed by atoms with E-state index < -0.39 is 0 Å². The maximum absolute atomic E-state index is 5.83. The summed E-state index contributed by atoms with van der Waals surface area (Å²) in [6.45, 7) is 4.60. The quantitative estimate of drug-likeness (QED) is 0.836. The fourth-order valence-corrected chi connectivity index (χ4v) is 1.96. The van der Waals surface area contributed by atoms with Crippen LogP contribution in [0.3, 0.4) is 0 Å². The van der Waals surface area contributed by atoms with Gasteiger partial charge in [-0.25, -0.2) is 9.67 Å². The number of hydrogen-bond donors (Lipinski definition) is 1. The Morgan fingerprint density at radius 3 is 2.53 bits per heavy atom. The van der Waals surface area contributed by atoms with E-state index in [2.05, 4.69) is 34.1 Å². The van der Waals surface area contributed by atoms with Gasteiger partial charge in [0.1, 0.15) is 12.7 Å². The zero-order chi connectivity index (χ0) is 12.3. The lowest BCUT2D eigenvalue weighted by Crippen LogP contribution is -2.14. The van der Waals surface area contributed by atoms with Crippen molar-refractivity contribution in [1.82, 2.24) is 25.0 Å². The number of rotatable bonds is 4. The molecule has 0 aliphatic carbocycles. The summed E-state index contributed by atoms with van der Waals surface area (Å²) in [4.78, 5) is 3.92. The van der Waals surface area contributed by atoms with Crippen LogP contribution in [0.4, 0.5) is 0 Å². The van der Waals surface area contributed by atoms with E-state index in [0.29, 0.717) is 12.4 Å². The standard InChI is InChI=1S/C11H16N6/c1-3-8-9(5-12)11(16-15-10(8)4-2)17-7-13-6-14-17/h6-7H,3-5,12H2,1-2H3. The molecule has 90 valence electrons. The Balaban J connectivity index is 2.61. The van der Waals surface area contributed by atoms with Crippen LogP contribution in [-0.2, 0) is 19.4 Å². The first-order valence-electron chi connectivity index (χ1n) is 5.74. The van der Waals surface area contributed by atoms with E-state index in [4.69, 9.17) is 5.73 Å². The van der Waals surface area contributed by atoms with Crippen molar-refractivity contribution in [3.8, 4) is 5.82 Å². The summed E-state index contributed by atoms with van der Waals surface area (Å²) in [6, 6.07) is 0. The van der Waals surface area contributed by atoms with Gasteiger partial charge in [-0.15, -0.1) is 5.10 Å². The van der Waals surface area contributed by atoms with Gasteiger partial charge < -0.3 is 5.73 Å². The van der Waals surface area contributed by atoms with Gasteiger partial charge in [-0.1, -0.05) is 13.8 Å². The van der Waals surface area contributed by atoms with Crippen LogP contribution in [0.5, 0.6) is 0 Å². The van der Waals surface area contributed by atoms with Gasteiger partial charge in [0.25, 0.3) is 0 Å². The highest BCUT2D eigenvalue weighted by Gasteiger charge is 2.14. The average Bonchev–Trinajstić information content (AvgIpc) is 2.90. The van der Waals surface area contributed by atoms with Gasteiger partial charge in [-0.3, -0.25) is 0 Å². The van der Waals surface area contributed by atoms with E-state index in [1.165, 1.54) is 11.9 Å². The van der Waals surface area contributed by atoms with Crippen LogP contribution in [0.1, 0.15) is 30.7 Å². The lowest BCUT2D eigenvalue weighted by atomic mass is 10.0. The second kappa shape index (κ2) is 5.01. The normalized spacial score (nSPS) is 10.8. The van der Waals surface area contributed by atoms with Crippen LogP contribution in [0.25, 0.3) is 5.82 Å². The molecule has 2 heterocycles. The summed E-state index contributed by atoms with van der Waals surface area (Å²) in [6.07, 6.45) is 4.84. The maximum atomic E-state index is 5.83. The van der Waals surface area contributed by atoms with Crippen LogP contribution in [-0.4, -0.2) is 25.0 Å². The van der Waals surface area contributed by atoms with Gasteiger partial charge in [0.15, 0.2) is 5.82 Å². The Bertz CT molecular complexity index is 491. The van der Waals surface area contributed by atoms with Gasteiger partial charge in [0.2, 0.25) is 0 Å². The van der Waals surface area contributed by atoms with Crippen molar-refractivity contribution >= 4 is 0 Å². The number of aromatic nitrogens is 5. The van der Waals surface area contributed by atoms with Crippen LogP contribution in [0.15, 0.2) is 12.7 Å². The molecule has 2 N–H and O–H groups in total. The molecule has 0 aliphatic rings. The first-order chi connectivity index (χ1) is 8.31. The molecule has 0 bridgehead atoms. The van der Waals surface area contributed by atoms with E-state index >= 15 is 0 Å². The van der Waals surface area contributed by atoms with Crippen molar-refractivity contribution in [2.75, 3.05) is 0 Å². The van der Waals surface area contributed by atoms with Crippen molar-refractivity contribution in [2.24, 2.45) is 5.73 Å². The predicted octanol–water partition coefficient (Wildman–Crippen LogP) is 0.641. The monoisotopic (exact) mass is 232 g/mol. The van der Waals surface area contributed by atoms with Gasteiger partial charge >= 0.3 is 0 Å². The Hall–Kier alpha value is -1.82. The Labute approximate surface area is 99.9 Å². The lowest BCUT2D eigenvalue weighted by Gasteiger charge is -2.13. The molecule has 0 amide bonds. The number of nitrogens with zero attached hydrogens (tertiary/aromatic N) is 5. The molecule has 0 aromatic carbocycles. The summed E-state index contributed by atoms with van der Waals surface area (Å²) < 4.78 is 1.60. The minimum atomic E-state index is 0.431. The summed E-state index contributed by atoms with van der Waals surface area (Å²) in [5, 5.41) is 12.5. The molecule has 0 spiro atoms. The summed E-state index contributed by atoms with van der Waals surface area (Å²) in [5.41, 5.74) is 9.02. The van der Waals surface area contributed by atoms with Crippen molar-refractivity contribution < 1.29 is 0 Å². The molecule has 0 saturated carbocycles. The third-order valence-corrected chi connectivity index (χ3v) is 2.78. The second-order valence-electron chi connectivity index (χ2n) is 3.68. The predicted molar refractivity (Wildman–Crippen MR) is 63.6 cm³/mol. The first-order valence-corrected chi connectivity index (χ1v) is 5.74. The van der Waals surface area contributed by atoms with Crippen molar-refractivity contribution in [3.63, 3.8) is 0 Å². The highest BCUT2D eigenvalue weighted by molar-refractivity contribution is 5.40. The Morgan fingerprint density at radius 1 is 1.18 bits per heavy atom. The Morgan fingerprint density at radius 2 is 2.00 bits per heavy atom. The first kappa shape index (κ1) is 11.7. The minimum Gasteiger partial charge on any atom is -0.326 e. The third-order valence-electron chi connectivity index (χ3n) is 2.78. The van der Waals surface area contributed by atoms with Crippen LogP contribution in [0.2, 0.25) is 0 Å². The molecule has 6 nitrogen and oxygen atoms in total. The summed E-state index contributed by atoms with van der Waals surface area (Å²) in [7, 11) is 0. The molecular weight excluding hydrogens is 216 g/mol. The fraction of sp³-hybridized carbons (Fsp3) is 0.455. The maximum Gasteiger partial charge on any atom is 0.182 e. The molecule has 2 aromatic heterocycles. The van der Waals surface area contributed by atoms with Crippen LogP contribution < -0.4 is 5.73 Å². The van der Waals surface area contributed by atoms with E-state index in [0.717, 1.165) is 24.1 Å². The zero-order valence-corrected chi connectivity index (χ0v) is 10.1. The van der Waals surface area contributed by atoms with Gasteiger partial charge in [0.05, 0.1) is 5.69 Å². The Kier molecular flexibility index (Phi) is 3.43. The molecule has 2 aromatic rings. The van der Waals surface area contributed by atoms with Gasteiger partial charge in [0, 0.05) is 12.1 Å². The number of hydrogen-bond acceptors (Lipinski definition) is 5. The molecule has 0 unspecified atom stereocenters. The largest absolute Gasteiger partial charge is 0.326 e. The van der Waals surface area contributed by atoms with Crippen molar-refractivity contribution in [3.05, 3.63) is 29.5 Å². The molecule has 0 saturated heterocycles. The summed E-state index contributed by atoms with van der Waals surface area (Å²) >= 11 is 0. The van der Waals surface area contributed by atoms with Crippen molar-refractivity contribution in [2.45, 2.75) is 33.2 Å². The molecule has 0 fully saturated rings. The molecule has 0 radical (unpaired) electrons. The number of nitrogens with two attached hydrogens (primary N) is 1. The molecule has 0 aliphatic heterocycles. The zero-order valence-electron chi connectivity index (χ0n) is 10.1. The number of aryl methyl sites for hydroxylation is 1. The minimum absolute atomic E-state index is 0.431. The smallest absolute Gasteiger partial charge is 0.182 e. The molecule has 6 heteroatoms. The van der Waals surface area contributed by atoms with E-state index in [-0.39, 0.29) is 0 Å². The van der Waals surface area contributed by atoms with Crippen molar-refractivity contribution in [1.29, 1.82) is 0 Å². The second-order valence-corrected chi connectivity index (χ2v) is 3.68. The highest BCUT2D eigenvalue weighted by atomic mass is 15.4. The van der Waals surface area contributed by atoms with Gasteiger partial charge in [-0.05, 0) is 18.4 Å². The highest BCUT2D eigenvalue weighted by Crippen LogP contribution is 2.18. The SMILES string of the molecule is CCc1nnc(-n2cncn2)c(CN)c1CC. The van der Waals surface area contributed by atoms with E-state index in [9.17, 15) is 0 Å². The van der Waals surface area contributed by atoms with Crippen LogP contribution >= 0.6 is 0 Å². The summed E-state index contributed by atoms with van der Waals surface area (Å²) in [5.74, 6) is 0.680. The molecule has 0 atom stereocenters. The third kappa shape index (κ3) is 2.03.